The van der Waals surface area contributed by atoms with Crippen molar-refractivity contribution >= 4 is 0 Å². The molecule has 0 saturated heterocycles. The van der Waals surface area contributed by atoms with E-state index in [0.717, 1.165) is 12.8 Å². The van der Waals surface area contributed by atoms with Crippen molar-refractivity contribution < 1.29 is 5.11 Å². The molecule has 0 heterocycles. The third kappa shape index (κ3) is 2.61. The largest absolute Gasteiger partial charge is 0.396 e. The summed E-state index contributed by atoms with van der Waals surface area (Å²) in [6.45, 7) is 4.66. The van der Waals surface area contributed by atoms with E-state index in [2.05, 4.69) is 31.3 Å². The van der Waals surface area contributed by atoms with E-state index in [1.54, 1.807) is 0 Å². The smallest absolute Gasteiger partial charge is 0.0494 e. The molecule has 0 spiro atoms. The Morgan fingerprint density at radius 3 is 2.83 bits per heavy atom. The summed E-state index contributed by atoms with van der Waals surface area (Å²) in [6, 6.07) is 1.06. The SMILES string of the molecule is CCC(C)N[C@@H]1C=C[C@H](CO)C1. The van der Waals surface area contributed by atoms with Crippen LogP contribution in [0.15, 0.2) is 12.2 Å². The van der Waals surface area contributed by atoms with Crippen LogP contribution in [0.3, 0.4) is 0 Å². The van der Waals surface area contributed by atoms with E-state index < -0.39 is 0 Å². The van der Waals surface area contributed by atoms with Crippen LogP contribution in [0, 0.1) is 5.92 Å². The zero-order valence-electron chi connectivity index (χ0n) is 7.96. The maximum atomic E-state index is 8.90. The van der Waals surface area contributed by atoms with Gasteiger partial charge in [-0.15, -0.1) is 0 Å². The molecular weight excluding hydrogens is 150 g/mol. The van der Waals surface area contributed by atoms with Crippen molar-refractivity contribution in [3.8, 4) is 0 Å². The topological polar surface area (TPSA) is 32.3 Å². The van der Waals surface area contributed by atoms with Crippen LogP contribution in [-0.2, 0) is 0 Å². The van der Waals surface area contributed by atoms with Crippen LogP contribution in [0.1, 0.15) is 26.7 Å². The first-order valence-corrected chi connectivity index (χ1v) is 4.81. The first-order valence-electron chi connectivity index (χ1n) is 4.81. The Bertz CT molecular complexity index is 156. The van der Waals surface area contributed by atoms with Gasteiger partial charge in [-0.2, -0.15) is 0 Å². The molecule has 1 aliphatic rings. The van der Waals surface area contributed by atoms with Crippen LogP contribution in [0.2, 0.25) is 0 Å². The fourth-order valence-corrected chi connectivity index (χ4v) is 1.52. The molecule has 0 aromatic rings. The molecule has 2 heteroatoms. The lowest BCUT2D eigenvalue weighted by Crippen LogP contribution is -2.34. The molecular formula is C10H19NO. The summed E-state index contributed by atoms with van der Waals surface area (Å²) in [5.74, 6) is 0.381. The summed E-state index contributed by atoms with van der Waals surface area (Å²) in [5.41, 5.74) is 0. The lowest BCUT2D eigenvalue weighted by molar-refractivity contribution is 0.245. The van der Waals surface area contributed by atoms with E-state index in [0.29, 0.717) is 18.0 Å². The highest BCUT2D eigenvalue weighted by atomic mass is 16.3. The number of nitrogens with one attached hydrogen (secondary N) is 1. The van der Waals surface area contributed by atoms with Crippen molar-refractivity contribution in [1.82, 2.24) is 5.32 Å². The molecule has 1 aliphatic carbocycles. The van der Waals surface area contributed by atoms with Crippen LogP contribution in [0.5, 0.6) is 0 Å². The molecule has 2 N–H and O–H groups in total. The highest BCUT2D eigenvalue weighted by Gasteiger charge is 2.18. The van der Waals surface area contributed by atoms with Gasteiger partial charge in [0.2, 0.25) is 0 Å². The average Bonchev–Trinajstić information content (AvgIpc) is 2.52. The quantitative estimate of drug-likeness (QED) is 0.622. The van der Waals surface area contributed by atoms with Crippen molar-refractivity contribution in [3.05, 3.63) is 12.2 Å². The van der Waals surface area contributed by atoms with E-state index >= 15 is 0 Å². The standard InChI is InChI=1S/C10H19NO/c1-3-8(2)11-10-5-4-9(6-10)7-12/h4-5,8-12H,3,6-7H2,1-2H3/t8?,9-,10+/m0/s1. The molecule has 1 rings (SSSR count). The van der Waals surface area contributed by atoms with Crippen molar-refractivity contribution in [3.63, 3.8) is 0 Å². The van der Waals surface area contributed by atoms with E-state index in [9.17, 15) is 0 Å². The Morgan fingerprint density at radius 2 is 2.33 bits per heavy atom. The van der Waals surface area contributed by atoms with Crippen molar-refractivity contribution in [2.45, 2.75) is 38.8 Å². The highest BCUT2D eigenvalue weighted by Crippen LogP contribution is 2.17. The van der Waals surface area contributed by atoms with Gasteiger partial charge >= 0.3 is 0 Å². The Labute approximate surface area is 74.7 Å². The monoisotopic (exact) mass is 169 g/mol. The Balaban J connectivity index is 2.24. The molecule has 0 saturated carbocycles. The second-order valence-corrected chi connectivity index (χ2v) is 3.65. The molecule has 3 atom stereocenters. The number of aliphatic hydroxyl groups excluding tert-OH is 1. The van der Waals surface area contributed by atoms with E-state index in [4.69, 9.17) is 5.11 Å². The number of aliphatic hydroxyl groups is 1. The molecule has 0 bridgehead atoms. The van der Waals surface area contributed by atoms with Gasteiger partial charge in [-0.1, -0.05) is 19.1 Å². The minimum absolute atomic E-state index is 0.287. The van der Waals surface area contributed by atoms with Gasteiger partial charge in [0.15, 0.2) is 0 Å². The van der Waals surface area contributed by atoms with Crippen molar-refractivity contribution in [2.75, 3.05) is 6.61 Å². The summed E-state index contributed by atoms with van der Waals surface area (Å²) in [5, 5.41) is 12.4. The van der Waals surface area contributed by atoms with E-state index in [1.807, 2.05) is 0 Å². The maximum Gasteiger partial charge on any atom is 0.0494 e. The van der Waals surface area contributed by atoms with E-state index in [-0.39, 0.29) is 6.61 Å². The first-order chi connectivity index (χ1) is 5.76. The molecule has 0 fully saturated rings. The molecule has 12 heavy (non-hydrogen) atoms. The van der Waals surface area contributed by atoms with Gasteiger partial charge in [-0.25, -0.2) is 0 Å². The average molecular weight is 169 g/mol. The number of hydrogen-bond donors (Lipinski definition) is 2. The lowest BCUT2D eigenvalue weighted by Gasteiger charge is -2.17. The first kappa shape index (κ1) is 9.75. The summed E-state index contributed by atoms with van der Waals surface area (Å²) in [7, 11) is 0. The maximum absolute atomic E-state index is 8.90. The zero-order chi connectivity index (χ0) is 8.97. The van der Waals surface area contributed by atoms with Gasteiger partial charge < -0.3 is 10.4 Å². The van der Waals surface area contributed by atoms with E-state index in [1.165, 1.54) is 0 Å². The van der Waals surface area contributed by atoms with Gasteiger partial charge in [0, 0.05) is 24.6 Å². The second-order valence-electron chi connectivity index (χ2n) is 3.65. The normalized spacial score (nSPS) is 30.9. The predicted octanol–water partition coefficient (Wildman–Crippen LogP) is 1.31. The summed E-state index contributed by atoms with van der Waals surface area (Å²) < 4.78 is 0. The molecule has 1 unspecified atom stereocenters. The third-order valence-electron chi connectivity index (χ3n) is 2.52. The molecule has 70 valence electrons. The second kappa shape index (κ2) is 4.63. The van der Waals surface area contributed by atoms with Gasteiger partial charge in [0.1, 0.15) is 0 Å². The molecule has 0 aromatic carbocycles. The van der Waals surface area contributed by atoms with Gasteiger partial charge in [0.05, 0.1) is 0 Å². The molecule has 0 radical (unpaired) electrons. The Kier molecular flexibility index (Phi) is 3.76. The summed E-state index contributed by atoms with van der Waals surface area (Å²) >= 11 is 0. The van der Waals surface area contributed by atoms with Crippen LogP contribution < -0.4 is 5.32 Å². The van der Waals surface area contributed by atoms with Crippen molar-refractivity contribution in [2.24, 2.45) is 5.92 Å². The number of rotatable bonds is 4. The Morgan fingerprint density at radius 1 is 1.58 bits per heavy atom. The molecule has 2 nitrogen and oxygen atoms in total. The van der Waals surface area contributed by atoms with Crippen LogP contribution in [0.4, 0.5) is 0 Å². The van der Waals surface area contributed by atoms with Gasteiger partial charge in [0.25, 0.3) is 0 Å². The lowest BCUT2D eigenvalue weighted by atomic mass is 10.1. The van der Waals surface area contributed by atoms with Crippen LogP contribution >= 0.6 is 0 Å². The summed E-state index contributed by atoms with van der Waals surface area (Å²) in [6.07, 6.45) is 6.50. The minimum Gasteiger partial charge on any atom is -0.396 e. The number of hydrogen-bond acceptors (Lipinski definition) is 2. The van der Waals surface area contributed by atoms with Crippen LogP contribution in [0.25, 0.3) is 0 Å². The van der Waals surface area contributed by atoms with Gasteiger partial charge in [-0.3, -0.25) is 0 Å². The zero-order valence-corrected chi connectivity index (χ0v) is 7.96. The van der Waals surface area contributed by atoms with Gasteiger partial charge in [-0.05, 0) is 19.8 Å². The molecule has 0 amide bonds. The fourth-order valence-electron chi connectivity index (χ4n) is 1.52. The minimum atomic E-state index is 0.287. The highest BCUT2D eigenvalue weighted by molar-refractivity contribution is 5.06. The van der Waals surface area contributed by atoms with Crippen LogP contribution in [-0.4, -0.2) is 23.8 Å². The fraction of sp³-hybridized carbons (Fsp3) is 0.800. The van der Waals surface area contributed by atoms with Crippen molar-refractivity contribution in [1.29, 1.82) is 0 Å². The molecule has 0 aliphatic heterocycles. The summed E-state index contributed by atoms with van der Waals surface area (Å²) in [4.78, 5) is 0. The predicted molar refractivity (Wildman–Crippen MR) is 51.0 cm³/mol. The Hall–Kier alpha value is -0.340. The molecule has 0 aromatic heterocycles. The third-order valence-corrected chi connectivity index (χ3v) is 2.52.